The molecule has 1 unspecified atom stereocenters. The Morgan fingerprint density at radius 2 is 1.77 bits per heavy atom. The molecule has 1 heterocycles. The Morgan fingerprint density at radius 3 is 2.31 bits per heavy atom. The van der Waals surface area contributed by atoms with Crippen LogP contribution in [0, 0.1) is 0 Å². The molecule has 6 heteroatoms. The fourth-order valence-corrected chi connectivity index (χ4v) is 2.94. The van der Waals surface area contributed by atoms with Crippen molar-refractivity contribution in [2.75, 3.05) is 24.6 Å². The predicted octanol–water partition coefficient (Wildman–Crippen LogP) is 3.29. The quantitative estimate of drug-likeness (QED) is 0.787. The molecule has 144 valence electrons. The minimum atomic E-state index is -0.776. The molecule has 1 fully saturated rings. The average molecular weight is 362 g/mol. The molecule has 6 nitrogen and oxygen atoms in total. The molecule has 0 bridgehead atoms. The summed E-state index contributed by atoms with van der Waals surface area (Å²) in [6.45, 7) is 9.53. The number of amides is 1. The van der Waals surface area contributed by atoms with E-state index >= 15 is 0 Å². The van der Waals surface area contributed by atoms with Crippen LogP contribution in [-0.4, -0.2) is 43.4 Å². The summed E-state index contributed by atoms with van der Waals surface area (Å²) in [6, 6.07) is 7.35. The summed E-state index contributed by atoms with van der Waals surface area (Å²) in [6.07, 6.45) is 2.20. The number of benzene rings is 1. The van der Waals surface area contributed by atoms with Gasteiger partial charge in [0.15, 0.2) is 0 Å². The third kappa shape index (κ3) is 6.24. The van der Waals surface area contributed by atoms with Gasteiger partial charge in [0.2, 0.25) is 0 Å². The Balaban J connectivity index is 2.03. The second kappa shape index (κ2) is 8.92. The molecule has 0 spiro atoms. The summed E-state index contributed by atoms with van der Waals surface area (Å²) in [5.41, 5.74) is 1.53. The van der Waals surface area contributed by atoms with Crippen LogP contribution in [0.4, 0.5) is 10.5 Å². The van der Waals surface area contributed by atoms with Gasteiger partial charge in [0.1, 0.15) is 11.6 Å². The maximum absolute atomic E-state index is 12.2. The van der Waals surface area contributed by atoms with Crippen LogP contribution < -0.4 is 10.2 Å². The second-order valence-corrected chi connectivity index (χ2v) is 7.52. The van der Waals surface area contributed by atoms with Gasteiger partial charge in [-0.15, -0.1) is 0 Å². The number of carbonyl (C=O) groups excluding carboxylic acids is 2. The van der Waals surface area contributed by atoms with Crippen LogP contribution in [0.2, 0.25) is 0 Å². The zero-order valence-corrected chi connectivity index (χ0v) is 16.2. The molecule has 1 saturated heterocycles. The van der Waals surface area contributed by atoms with Gasteiger partial charge in [-0.3, -0.25) is 0 Å². The Morgan fingerprint density at radius 1 is 1.15 bits per heavy atom. The van der Waals surface area contributed by atoms with E-state index in [4.69, 9.17) is 9.47 Å². The first-order chi connectivity index (χ1) is 12.3. The molecule has 1 aliphatic rings. The van der Waals surface area contributed by atoms with Crippen molar-refractivity contribution in [3.05, 3.63) is 29.8 Å². The smallest absolute Gasteiger partial charge is 0.408 e. The van der Waals surface area contributed by atoms with Gasteiger partial charge < -0.3 is 19.7 Å². The van der Waals surface area contributed by atoms with Crippen molar-refractivity contribution >= 4 is 17.7 Å². The SMILES string of the molecule is CCOC(=O)C(Cc1ccc(N2CCCC2)cc1)NC(=O)OC(C)(C)C. The highest BCUT2D eigenvalue weighted by atomic mass is 16.6. The van der Waals surface area contributed by atoms with Crippen LogP contribution in [0.3, 0.4) is 0 Å². The first-order valence-electron chi connectivity index (χ1n) is 9.28. The maximum atomic E-state index is 12.2. The fraction of sp³-hybridized carbons (Fsp3) is 0.600. The Kier molecular flexibility index (Phi) is 6.89. The zero-order chi connectivity index (χ0) is 19.2. The van der Waals surface area contributed by atoms with E-state index in [2.05, 4.69) is 22.3 Å². The lowest BCUT2D eigenvalue weighted by Gasteiger charge is -2.23. The zero-order valence-electron chi connectivity index (χ0n) is 16.2. The fourth-order valence-electron chi connectivity index (χ4n) is 2.94. The Hall–Kier alpha value is -2.24. The predicted molar refractivity (Wildman–Crippen MR) is 101 cm³/mol. The second-order valence-electron chi connectivity index (χ2n) is 7.52. The number of rotatable bonds is 6. The van der Waals surface area contributed by atoms with Crippen LogP contribution >= 0.6 is 0 Å². The van der Waals surface area contributed by atoms with Crippen LogP contribution in [0.15, 0.2) is 24.3 Å². The van der Waals surface area contributed by atoms with Gasteiger partial charge in [-0.05, 0) is 58.2 Å². The first kappa shape index (κ1) is 20.1. The normalized spacial score (nSPS) is 15.5. The number of anilines is 1. The van der Waals surface area contributed by atoms with Gasteiger partial charge in [-0.25, -0.2) is 9.59 Å². The van der Waals surface area contributed by atoms with Crippen molar-refractivity contribution in [1.82, 2.24) is 5.32 Å². The molecule has 1 atom stereocenters. The summed E-state index contributed by atoms with van der Waals surface area (Å²) in [4.78, 5) is 26.6. The summed E-state index contributed by atoms with van der Waals surface area (Å²) in [5.74, 6) is -0.457. The molecule has 1 aromatic rings. The molecule has 0 aromatic heterocycles. The van der Waals surface area contributed by atoms with E-state index in [1.165, 1.54) is 18.5 Å². The van der Waals surface area contributed by atoms with E-state index in [0.717, 1.165) is 18.7 Å². The van der Waals surface area contributed by atoms with Crippen molar-refractivity contribution in [3.8, 4) is 0 Å². The maximum Gasteiger partial charge on any atom is 0.408 e. The molecule has 2 rings (SSSR count). The minimum absolute atomic E-state index is 0.263. The summed E-state index contributed by atoms with van der Waals surface area (Å²) in [5, 5.41) is 2.63. The minimum Gasteiger partial charge on any atom is -0.464 e. The van der Waals surface area contributed by atoms with Crippen LogP contribution in [0.25, 0.3) is 0 Å². The van der Waals surface area contributed by atoms with Gasteiger partial charge in [0.05, 0.1) is 6.61 Å². The number of alkyl carbamates (subject to hydrolysis) is 1. The van der Waals surface area contributed by atoms with E-state index in [1.54, 1.807) is 27.7 Å². The monoisotopic (exact) mass is 362 g/mol. The number of hydrogen-bond acceptors (Lipinski definition) is 5. The number of carbonyl (C=O) groups is 2. The van der Waals surface area contributed by atoms with Gasteiger partial charge in [-0.2, -0.15) is 0 Å². The molecule has 26 heavy (non-hydrogen) atoms. The molecule has 1 N–H and O–H groups in total. The number of hydrogen-bond donors (Lipinski definition) is 1. The number of esters is 1. The van der Waals surface area contributed by atoms with E-state index < -0.39 is 23.7 Å². The summed E-state index contributed by atoms with van der Waals surface area (Å²) >= 11 is 0. The third-order valence-electron chi connectivity index (χ3n) is 4.11. The van der Waals surface area contributed by atoms with E-state index in [1.807, 2.05) is 12.1 Å². The molecule has 1 amide bonds. The van der Waals surface area contributed by atoms with Crippen LogP contribution in [0.5, 0.6) is 0 Å². The Labute approximate surface area is 155 Å². The average Bonchev–Trinajstić information content (AvgIpc) is 3.08. The Bertz CT molecular complexity index is 601. The standard InChI is InChI=1S/C20H30N2O4/c1-5-25-18(23)17(21-19(24)26-20(2,3)4)14-15-8-10-16(11-9-15)22-12-6-7-13-22/h8-11,17H,5-7,12-14H2,1-4H3,(H,21,24). The topological polar surface area (TPSA) is 67.9 Å². The largest absolute Gasteiger partial charge is 0.464 e. The summed E-state index contributed by atoms with van der Waals surface area (Å²) in [7, 11) is 0. The van der Waals surface area contributed by atoms with Gasteiger partial charge in [0, 0.05) is 25.2 Å². The van der Waals surface area contributed by atoms with E-state index in [9.17, 15) is 9.59 Å². The molecule has 0 radical (unpaired) electrons. The van der Waals surface area contributed by atoms with Crippen molar-refractivity contribution in [1.29, 1.82) is 0 Å². The molecule has 1 aliphatic heterocycles. The molecular weight excluding hydrogens is 332 g/mol. The van der Waals surface area contributed by atoms with E-state index in [-0.39, 0.29) is 6.61 Å². The van der Waals surface area contributed by atoms with Gasteiger partial charge in [0.25, 0.3) is 0 Å². The first-order valence-corrected chi connectivity index (χ1v) is 9.28. The number of nitrogens with zero attached hydrogens (tertiary/aromatic N) is 1. The highest BCUT2D eigenvalue weighted by Crippen LogP contribution is 2.21. The van der Waals surface area contributed by atoms with Gasteiger partial charge >= 0.3 is 12.1 Å². The molecular formula is C20H30N2O4. The molecule has 1 aromatic carbocycles. The third-order valence-corrected chi connectivity index (χ3v) is 4.11. The van der Waals surface area contributed by atoms with Crippen LogP contribution in [0.1, 0.15) is 46.1 Å². The molecule has 0 saturated carbocycles. The van der Waals surface area contributed by atoms with Gasteiger partial charge in [-0.1, -0.05) is 12.1 Å². The highest BCUT2D eigenvalue weighted by molar-refractivity contribution is 5.81. The van der Waals surface area contributed by atoms with Crippen LogP contribution in [-0.2, 0) is 20.7 Å². The lowest BCUT2D eigenvalue weighted by molar-refractivity contribution is -0.145. The lowest BCUT2D eigenvalue weighted by atomic mass is 10.1. The van der Waals surface area contributed by atoms with Crippen molar-refractivity contribution in [2.24, 2.45) is 0 Å². The number of ether oxygens (including phenoxy) is 2. The molecule has 0 aliphatic carbocycles. The van der Waals surface area contributed by atoms with Crippen molar-refractivity contribution < 1.29 is 19.1 Å². The lowest BCUT2D eigenvalue weighted by Crippen LogP contribution is -2.45. The highest BCUT2D eigenvalue weighted by Gasteiger charge is 2.25. The number of nitrogens with one attached hydrogen (secondary N) is 1. The van der Waals surface area contributed by atoms with Crippen molar-refractivity contribution in [3.63, 3.8) is 0 Å². The van der Waals surface area contributed by atoms with Crippen molar-refractivity contribution in [2.45, 2.75) is 58.6 Å². The van der Waals surface area contributed by atoms with E-state index in [0.29, 0.717) is 6.42 Å². The summed E-state index contributed by atoms with van der Waals surface area (Å²) < 4.78 is 10.4.